The van der Waals surface area contributed by atoms with Crippen LogP contribution < -0.4 is 10.6 Å². The largest absolute Gasteiger partial charge is 0.354 e. The van der Waals surface area contributed by atoms with Gasteiger partial charge in [0.15, 0.2) is 0 Å². The van der Waals surface area contributed by atoms with Crippen LogP contribution in [0.25, 0.3) is 0 Å². The van der Waals surface area contributed by atoms with E-state index in [-0.39, 0.29) is 11.9 Å². The van der Waals surface area contributed by atoms with E-state index in [1.807, 2.05) is 0 Å². The summed E-state index contributed by atoms with van der Waals surface area (Å²) in [7, 11) is 0. The summed E-state index contributed by atoms with van der Waals surface area (Å²) in [5, 5.41) is 6.35. The number of hydrogen-bond acceptors (Lipinski definition) is 3. The number of carbonyl (C=O) groups excluding carboxylic acids is 1. The van der Waals surface area contributed by atoms with Crippen molar-refractivity contribution >= 4 is 5.91 Å². The predicted molar refractivity (Wildman–Crippen MR) is 68.9 cm³/mol. The third-order valence-corrected chi connectivity index (χ3v) is 4.10. The van der Waals surface area contributed by atoms with Gasteiger partial charge in [-0.15, -0.1) is 0 Å². The molecule has 17 heavy (non-hydrogen) atoms. The number of hydrogen-bond donors (Lipinski definition) is 2. The van der Waals surface area contributed by atoms with Gasteiger partial charge >= 0.3 is 0 Å². The third kappa shape index (κ3) is 3.68. The Balaban J connectivity index is 1.63. The van der Waals surface area contributed by atoms with E-state index in [1.165, 1.54) is 25.9 Å². The number of nitrogens with zero attached hydrogens (tertiary/aromatic N) is 1. The lowest BCUT2D eigenvalue weighted by Gasteiger charge is -2.31. The Bertz CT molecular complexity index is 243. The molecule has 0 unspecified atom stereocenters. The third-order valence-electron chi connectivity index (χ3n) is 4.10. The summed E-state index contributed by atoms with van der Waals surface area (Å²) in [5.41, 5.74) is 0. The van der Waals surface area contributed by atoms with Crippen molar-refractivity contribution < 1.29 is 4.79 Å². The fraction of sp³-hybridized carbons (Fsp3) is 0.923. The maximum absolute atomic E-state index is 11.8. The minimum atomic E-state index is 0.0748. The molecule has 2 aliphatic heterocycles. The van der Waals surface area contributed by atoms with Crippen LogP contribution in [0.5, 0.6) is 0 Å². The van der Waals surface area contributed by atoms with Gasteiger partial charge in [0.1, 0.15) is 0 Å². The van der Waals surface area contributed by atoms with Gasteiger partial charge in [0.25, 0.3) is 0 Å². The van der Waals surface area contributed by atoms with E-state index in [9.17, 15) is 4.79 Å². The van der Waals surface area contributed by atoms with Gasteiger partial charge in [-0.2, -0.15) is 0 Å². The van der Waals surface area contributed by atoms with Gasteiger partial charge in [-0.1, -0.05) is 6.92 Å². The molecule has 2 N–H and O–H groups in total. The molecular weight excluding hydrogens is 214 g/mol. The summed E-state index contributed by atoms with van der Waals surface area (Å²) in [5.74, 6) is 0.892. The van der Waals surface area contributed by atoms with E-state index in [4.69, 9.17) is 0 Å². The van der Waals surface area contributed by atoms with Crippen LogP contribution in [0.1, 0.15) is 32.6 Å². The van der Waals surface area contributed by atoms with Crippen molar-refractivity contribution in [3.05, 3.63) is 0 Å². The van der Waals surface area contributed by atoms with E-state index in [0.29, 0.717) is 5.92 Å². The molecule has 98 valence electrons. The normalized spacial score (nSPS) is 27.2. The van der Waals surface area contributed by atoms with Gasteiger partial charge in [0.05, 0.1) is 6.04 Å². The van der Waals surface area contributed by atoms with Crippen molar-refractivity contribution in [1.29, 1.82) is 0 Å². The van der Waals surface area contributed by atoms with Crippen molar-refractivity contribution in [2.24, 2.45) is 5.92 Å². The first-order valence-electron chi connectivity index (χ1n) is 7.03. The molecule has 4 nitrogen and oxygen atoms in total. The standard InChI is InChI=1S/C13H25N3O/c1-2-16-8-5-11(6-9-16)10-15-13(17)12-4-3-7-14-12/h11-12,14H,2-10H2,1H3,(H,15,17)/t12-/m0/s1. The van der Waals surface area contributed by atoms with Crippen LogP contribution in [-0.4, -0.2) is 49.6 Å². The molecule has 1 amide bonds. The van der Waals surface area contributed by atoms with Crippen molar-refractivity contribution in [2.75, 3.05) is 32.7 Å². The fourth-order valence-corrected chi connectivity index (χ4v) is 2.78. The Labute approximate surface area is 104 Å². The Kier molecular flexibility index (Phi) is 4.80. The summed E-state index contributed by atoms with van der Waals surface area (Å²) in [6.45, 7) is 7.62. The maximum atomic E-state index is 11.8. The second-order valence-corrected chi connectivity index (χ2v) is 5.27. The van der Waals surface area contributed by atoms with Crippen LogP contribution in [0.15, 0.2) is 0 Å². The number of likely N-dealkylation sites (tertiary alicyclic amines) is 1. The van der Waals surface area contributed by atoms with Gasteiger partial charge in [0, 0.05) is 6.54 Å². The lowest BCUT2D eigenvalue weighted by Crippen LogP contribution is -2.44. The molecule has 0 radical (unpaired) electrons. The number of nitrogens with one attached hydrogen (secondary N) is 2. The molecule has 0 aromatic heterocycles. The second kappa shape index (κ2) is 6.36. The minimum absolute atomic E-state index is 0.0748. The highest BCUT2D eigenvalue weighted by molar-refractivity contribution is 5.81. The van der Waals surface area contributed by atoms with Crippen molar-refractivity contribution in [1.82, 2.24) is 15.5 Å². The van der Waals surface area contributed by atoms with Crippen LogP contribution in [0.4, 0.5) is 0 Å². The number of piperidine rings is 1. The number of carbonyl (C=O) groups is 1. The summed E-state index contributed by atoms with van der Waals surface area (Å²) < 4.78 is 0. The molecule has 2 saturated heterocycles. The summed E-state index contributed by atoms with van der Waals surface area (Å²) in [4.78, 5) is 14.3. The lowest BCUT2D eigenvalue weighted by molar-refractivity contribution is -0.123. The average Bonchev–Trinajstić information content (AvgIpc) is 2.90. The zero-order valence-electron chi connectivity index (χ0n) is 10.9. The first-order valence-corrected chi connectivity index (χ1v) is 7.03. The Morgan fingerprint density at radius 3 is 2.71 bits per heavy atom. The van der Waals surface area contributed by atoms with Crippen molar-refractivity contribution in [2.45, 2.75) is 38.6 Å². The first kappa shape index (κ1) is 12.8. The predicted octanol–water partition coefficient (Wildman–Crippen LogP) is 0.587. The van der Waals surface area contributed by atoms with Crippen molar-refractivity contribution in [3.63, 3.8) is 0 Å². The topological polar surface area (TPSA) is 44.4 Å². The molecular formula is C13H25N3O. The van der Waals surface area contributed by atoms with Gasteiger partial charge in [0.2, 0.25) is 5.91 Å². The monoisotopic (exact) mass is 239 g/mol. The van der Waals surface area contributed by atoms with E-state index < -0.39 is 0 Å². The molecule has 0 bridgehead atoms. The Morgan fingerprint density at radius 2 is 2.12 bits per heavy atom. The quantitative estimate of drug-likeness (QED) is 0.754. The maximum Gasteiger partial charge on any atom is 0.237 e. The Hall–Kier alpha value is -0.610. The molecule has 0 aromatic carbocycles. The molecule has 1 atom stereocenters. The fourth-order valence-electron chi connectivity index (χ4n) is 2.78. The highest BCUT2D eigenvalue weighted by atomic mass is 16.2. The van der Waals surface area contributed by atoms with Crippen LogP contribution in [-0.2, 0) is 4.79 Å². The van der Waals surface area contributed by atoms with E-state index in [2.05, 4.69) is 22.5 Å². The van der Waals surface area contributed by atoms with Gasteiger partial charge in [-0.05, 0) is 57.8 Å². The van der Waals surface area contributed by atoms with E-state index in [1.54, 1.807) is 0 Å². The summed E-state index contributed by atoms with van der Waals surface area (Å²) in [6.07, 6.45) is 4.59. The molecule has 0 aromatic rings. The number of amides is 1. The van der Waals surface area contributed by atoms with Crippen LogP contribution >= 0.6 is 0 Å². The summed E-state index contributed by atoms with van der Waals surface area (Å²) >= 11 is 0. The summed E-state index contributed by atoms with van der Waals surface area (Å²) in [6, 6.07) is 0.0748. The smallest absolute Gasteiger partial charge is 0.237 e. The lowest BCUT2D eigenvalue weighted by atomic mass is 9.96. The molecule has 0 saturated carbocycles. The minimum Gasteiger partial charge on any atom is -0.354 e. The second-order valence-electron chi connectivity index (χ2n) is 5.27. The molecule has 0 spiro atoms. The molecule has 4 heteroatoms. The van der Waals surface area contributed by atoms with Crippen molar-refractivity contribution in [3.8, 4) is 0 Å². The van der Waals surface area contributed by atoms with Crippen LogP contribution in [0.3, 0.4) is 0 Å². The molecule has 2 heterocycles. The first-order chi connectivity index (χ1) is 8.29. The van der Waals surface area contributed by atoms with Crippen LogP contribution in [0.2, 0.25) is 0 Å². The van der Waals surface area contributed by atoms with Gasteiger partial charge in [-0.3, -0.25) is 4.79 Å². The van der Waals surface area contributed by atoms with Crippen LogP contribution in [0, 0.1) is 5.92 Å². The SMILES string of the molecule is CCN1CCC(CNC(=O)[C@@H]2CCCN2)CC1. The molecule has 2 rings (SSSR count). The molecule has 0 aliphatic carbocycles. The number of rotatable bonds is 4. The van der Waals surface area contributed by atoms with Gasteiger partial charge in [-0.25, -0.2) is 0 Å². The van der Waals surface area contributed by atoms with E-state index in [0.717, 1.165) is 32.5 Å². The molecule has 2 fully saturated rings. The zero-order chi connectivity index (χ0) is 12.1. The zero-order valence-corrected chi connectivity index (χ0v) is 10.9. The Morgan fingerprint density at radius 1 is 1.35 bits per heavy atom. The highest BCUT2D eigenvalue weighted by Gasteiger charge is 2.23. The molecule has 2 aliphatic rings. The van der Waals surface area contributed by atoms with Gasteiger partial charge < -0.3 is 15.5 Å². The van der Waals surface area contributed by atoms with E-state index >= 15 is 0 Å². The highest BCUT2D eigenvalue weighted by Crippen LogP contribution is 2.16. The average molecular weight is 239 g/mol.